The number of nitrogens with zero attached hydrogens (tertiary/aromatic N) is 1. The summed E-state index contributed by atoms with van der Waals surface area (Å²) >= 11 is 0. The number of hydrogen-bond acceptors (Lipinski definition) is 2. The highest BCUT2D eigenvalue weighted by Gasteiger charge is 2.32. The fourth-order valence-electron chi connectivity index (χ4n) is 1.65. The van der Waals surface area contributed by atoms with Gasteiger partial charge in [0.05, 0.1) is 0 Å². The molecule has 0 saturated heterocycles. The van der Waals surface area contributed by atoms with E-state index in [2.05, 4.69) is 16.2 Å². The van der Waals surface area contributed by atoms with Crippen LogP contribution in [0.1, 0.15) is 24.1 Å². The third-order valence-corrected chi connectivity index (χ3v) is 2.56. The molecule has 7 heteroatoms. The van der Waals surface area contributed by atoms with E-state index in [4.69, 9.17) is 11.5 Å². The first kappa shape index (κ1) is 15.8. The Balaban J connectivity index is 2.73. The average Bonchev–Trinajstić information content (AvgIpc) is 2.35. The van der Waals surface area contributed by atoms with Crippen molar-refractivity contribution in [3.63, 3.8) is 0 Å². The number of nitrogens with one attached hydrogen (secondary N) is 1. The van der Waals surface area contributed by atoms with Crippen LogP contribution in [-0.2, 0) is 12.6 Å². The van der Waals surface area contributed by atoms with E-state index >= 15 is 0 Å². The number of aromatic nitrogens is 1. The molecule has 4 nitrogen and oxygen atoms in total. The fourth-order valence-corrected chi connectivity index (χ4v) is 1.65. The molecule has 108 valence electrons. The zero-order chi connectivity index (χ0) is 15.2. The third kappa shape index (κ3) is 5.18. The van der Waals surface area contributed by atoms with Gasteiger partial charge >= 0.3 is 12.3 Å². The van der Waals surface area contributed by atoms with E-state index in [1.165, 1.54) is 6.07 Å². The summed E-state index contributed by atoms with van der Waals surface area (Å²) in [6, 6.07) is 1.69. The lowest BCUT2D eigenvalue weighted by atomic mass is 10.0. The number of pyridine rings is 1. The van der Waals surface area contributed by atoms with Gasteiger partial charge in [-0.3, -0.25) is 4.98 Å². The average molecular weight is 286 g/mol. The van der Waals surface area contributed by atoms with Crippen molar-refractivity contribution >= 4 is 6.09 Å². The highest BCUT2D eigenvalue weighted by molar-refractivity contribution is 5.64. The van der Waals surface area contributed by atoms with Gasteiger partial charge in [0.1, 0.15) is 5.69 Å². The van der Waals surface area contributed by atoms with E-state index in [0.717, 1.165) is 12.3 Å². The zero-order valence-corrected chi connectivity index (χ0v) is 10.4. The lowest BCUT2D eigenvalue weighted by Gasteiger charge is -2.16. The van der Waals surface area contributed by atoms with Crippen LogP contribution in [0.3, 0.4) is 0 Å². The van der Waals surface area contributed by atoms with Crippen molar-refractivity contribution in [2.45, 2.75) is 31.5 Å². The van der Waals surface area contributed by atoms with Gasteiger partial charge in [-0.05, 0) is 24.5 Å². The number of carbonyl (C=O) groups is 1. The number of amides is 1. The van der Waals surface area contributed by atoms with E-state index in [1.54, 1.807) is 0 Å². The highest BCUT2D eigenvalue weighted by atomic mass is 19.4. The van der Waals surface area contributed by atoms with Crippen LogP contribution in [0.15, 0.2) is 18.3 Å². The smallest absolute Gasteiger partial charge is 0.433 e. The van der Waals surface area contributed by atoms with Crippen molar-refractivity contribution in [1.82, 2.24) is 10.3 Å². The molecule has 0 radical (unpaired) electrons. The molecule has 0 aromatic carbocycles. The molecule has 1 amide bonds. The molecule has 0 aliphatic heterocycles. The number of hydrogen-bond donors (Lipinski definition) is 2. The van der Waals surface area contributed by atoms with Crippen molar-refractivity contribution in [2.75, 3.05) is 0 Å². The van der Waals surface area contributed by atoms with Crippen molar-refractivity contribution in [2.24, 2.45) is 0 Å². The molecule has 0 spiro atoms. The Kier molecular flexibility index (Phi) is 5.38. The minimum absolute atomic E-state index is 0.235. The molecular formula is C13H13F3N2O2. The van der Waals surface area contributed by atoms with Gasteiger partial charge in [-0.25, -0.2) is 4.79 Å². The molecule has 0 aliphatic carbocycles. The minimum atomic E-state index is -4.49. The Bertz CT molecular complexity index is 492. The maximum atomic E-state index is 12.3. The molecule has 1 unspecified atom stereocenters. The van der Waals surface area contributed by atoms with Gasteiger partial charge in [-0.15, -0.1) is 12.3 Å². The predicted molar refractivity (Wildman–Crippen MR) is 66.0 cm³/mol. The Morgan fingerprint density at radius 3 is 2.65 bits per heavy atom. The number of rotatable bonds is 5. The van der Waals surface area contributed by atoms with Crippen LogP contribution in [0, 0.1) is 12.3 Å². The van der Waals surface area contributed by atoms with Crippen LogP contribution in [0.25, 0.3) is 0 Å². The van der Waals surface area contributed by atoms with E-state index in [9.17, 15) is 18.0 Å². The van der Waals surface area contributed by atoms with Gasteiger partial charge in [0.2, 0.25) is 0 Å². The van der Waals surface area contributed by atoms with Crippen LogP contribution in [0.2, 0.25) is 0 Å². The van der Waals surface area contributed by atoms with Crippen LogP contribution in [-0.4, -0.2) is 22.2 Å². The second kappa shape index (κ2) is 6.80. The maximum Gasteiger partial charge on any atom is 0.433 e. The second-order valence-electron chi connectivity index (χ2n) is 4.14. The summed E-state index contributed by atoms with van der Waals surface area (Å²) < 4.78 is 37.0. The van der Waals surface area contributed by atoms with Gasteiger partial charge in [-0.1, -0.05) is 6.07 Å². The fraction of sp³-hybridized carbons (Fsp3) is 0.385. The van der Waals surface area contributed by atoms with Crippen molar-refractivity contribution < 1.29 is 23.1 Å². The molecule has 0 saturated carbocycles. The summed E-state index contributed by atoms with van der Waals surface area (Å²) in [5.74, 6) is 2.39. The van der Waals surface area contributed by atoms with Crippen LogP contribution >= 0.6 is 0 Å². The van der Waals surface area contributed by atoms with Gasteiger partial charge in [0, 0.05) is 18.7 Å². The van der Waals surface area contributed by atoms with Crippen LogP contribution in [0.4, 0.5) is 18.0 Å². The molecule has 0 aliphatic rings. The molecule has 1 aromatic rings. The molecule has 2 N–H and O–H groups in total. The molecule has 0 bridgehead atoms. The Morgan fingerprint density at radius 2 is 2.20 bits per heavy atom. The number of alkyl halides is 3. The molecule has 20 heavy (non-hydrogen) atoms. The molecule has 1 atom stereocenters. The molecule has 1 heterocycles. The lowest BCUT2D eigenvalue weighted by molar-refractivity contribution is -0.141. The lowest BCUT2D eigenvalue weighted by Crippen LogP contribution is -2.35. The van der Waals surface area contributed by atoms with E-state index in [-0.39, 0.29) is 6.42 Å². The summed E-state index contributed by atoms with van der Waals surface area (Å²) in [4.78, 5) is 13.9. The van der Waals surface area contributed by atoms with Gasteiger partial charge in [-0.2, -0.15) is 13.2 Å². The maximum absolute atomic E-state index is 12.3. The SMILES string of the molecule is C#CCCC(Cc1ccc(C(F)(F)F)nc1)NC(=O)O. The Morgan fingerprint density at radius 1 is 1.50 bits per heavy atom. The van der Waals surface area contributed by atoms with Gasteiger partial charge < -0.3 is 10.4 Å². The zero-order valence-electron chi connectivity index (χ0n) is 10.4. The highest BCUT2D eigenvalue weighted by Crippen LogP contribution is 2.27. The quantitative estimate of drug-likeness (QED) is 0.818. The topological polar surface area (TPSA) is 62.2 Å². The summed E-state index contributed by atoms with van der Waals surface area (Å²) in [5, 5.41) is 11.0. The molecule has 1 rings (SSSR count). The molecular weight excluding hydrogens is 273 g/mol. The van der Waals surface area contributed by atoms with Crippen LogP contribution < -0.4 is 5.32 Å². The Labute approximate surface area is 114 Å². The summed E-state index contributed by atoms with van der Waals surface area (Å²) in [6.45, 7) is 0. The van der Waals surface area contributed by atoms with E-state index in [1.807, 2.05) is 0 Å². The largest absolute Gasteiger partial charge is 0.465 e. The van der Waals surface area contributed by atoms with Crippen LogP contribution in [0.5, 0.6) is 0 Å². The Hall–Kier alpha value is -2.23. The molecule has 1 aromatic heterocycles. The monoisotopic (exact) mass is 286 g/mol. The first-order valence-electron chi connectivity index (χ1n) is 5.78. The normalized spacial score (nSPS) is 12.5. The number of terminal acetylenes is 1. The van der Waals surface area contributed by atoms with Crippen molar-refractivity contribution in [3.8, 4) is 12.3 Å². The number of halogens is 3. The van der Waals surface area contributed by atoms with Gasteiger partial charge in [0.15, 0.2) is 0 Å². The standard InChI is InChI=1S/C13H13F3N2O2/c1-2-3-4-10(18-12(19)20)7-9-5-6-11(17-8-9)13(14,15)16/h1,5-6,8,10,18H,3-4,7H2,(H,19,20). The van der Waals surface area contributed by atoms with Gasteiger partial charge in [0.25, 0.3) is 0 Å². The number of carboxylic acid groups (broad SMARTS) is 1. The first-order chi connectivity index (χ1) is 9.32. The van der Waals surface area contributed by atoms with E-state index < -0.39 is 24.0 Å². The molecule has 0 fully saturated rings. The third-order valence-electron chi connectivity index (χ3n) is 2.56. The van der Waals surface area contributed by atoms with Crippen molar-refractivity contribution in [3.05, 3.63) is 29.6 Å². The minimum Gasteiger partial charge on any atom is -0.465 e. The predicted octanol–water partition coefficient (Wildman–Crippen LogP) is 2.69. The summed E-state index contributed by atoms with van der Waals surface area (Å²) in [5.41, 5.74) is -0.471. The summed E-state index contributed by atoms with van der Waals surface area (Å²) in [6.07, 6.45) is 1.53. The summed E-state index contributed by atoms with van der Waals surface area (Å²) in [7, 11) is 0. The van der Waals surface area contributed by atoms with Crippen molar-refractivity contribution in [1.29, 1.82) is 0 Å². The first-order valence-corrected chi connectivity index (χ1v) is 5.78. The second-order valence-corrected chi connectivity index (χ2v) is 4.14. The van der Waals surface area contributed by atoms with E-state index in [0.29, 0.717) is 18.4 Å².